The van der Waals surface area contributed by atoms with Gasteiger partial charge in [-0.05, 0) is 89.8 Å². The monoisotopic (exact) mass is 556 g/mol. The zero-order valence-corrected chi connectivity index (χ0v) is 24.6. The van der Waals surface area contributed by atoms with E-state index in [0.717, 1.165) is 34.4 Å². The quantitative estimate of drug-likeness (QED) is 0.113. The van der Waals surface area contributed by atoms with Crippen molar-refractivity contribution in [2.75, 3.05) is 17.6 Å². The molecule has 3 aromatic carbocycles. The number of anilines is 1. The van der Waals surface area contributed by atoms with Gasteiger partial charge in [-0.25, -0.2) is 0 Å². The third-order valence-corrected chi connectivity index (χ3v) is 7.17. The fraction of sp³-hybridized carbons (Fsp3) is 0.294. The molecule has 2 amide bonds. The minimum atomic E-state index is -0.402. The van der Waals surface area contributed by atoms with E-state index in [1.807, 2.05) is 55.5 Å². The number of hydrogen-bond acceptors (Lipinski definition) is 4. The Morgan fingerprint density at radius 3 is 2.10 bits per heavy atom. The number of carbonyl (C=O) groups excluding carboxylic acids is 2. The van der Waals surface area contributed by atoms with E-state index in [1.165, 1.54) is 5.56 Å². The highest BCUT2D eigenvalue weighted by Crippen LogP contribution is 2.26. The van der Waals surface area contributed by atoms with E-state index in [1.54, 1.807) is 12.1 Å². The molecule has 1 atom stereocenters. The summed E-state index contributed by atoms with van der Waals surface area (Å²) in [6.45, 7) is 8.83. The first-order valence-corrected chi connectivity index (χ1v) is 14.8. The van der Waals surface area contributed by atoms with Crippen molar-refractivity contribution in [3.8, 4) is 0 Å². The summed E-state index contributed by atoms with van der Waals surface area (Å²) < 4.78 is 8.84. The molecule has 5 nitrogen and oxygen atoms in total. The molecule has 0 fully saturated rings. The first-order chi connectivity index (χ1) is 19.4. The van der Waals surface area contributed by atoms with Gasteiger partial charge in [0, 0.05) is 23.5 Å². The molecule has 0 spiro atoms. The molecule has 3 rings (SSSR count). The van der Waals surface area contributed by atoms with Crippen molar-refractivity contribution in [1.82, 2.24) is 5.32 Å². The maximum Gasteiger partial charge on any atom is 0.251 e. The number of carbonyl (C=O) groups is 2. The minimum Gasteiger partial charge on any atom is -0.351 e. The molecule has 6 heteroatoms. The molecule has 1 unspecified atom stereocenters. The molecule has 0 saturated carbocycles. The highest BCUT2D eigenvalue weighted by Gasteiger charge is 2.22. The van der Waals surface area contributed by atoms with Crippen LogP contribution in [0.2, 0.25) is 0 Å². The molecule has 3 aromatic rings. The van der Waals surface area contributed by atoms with Crippen molar-refractivity contribution in [1.29, 1.82) is 0 Å². The molecule has 0 aromatic heterocycles. The second-order valence-electron chi connectivity index (χ2n) is 9.99. The van der Waals surface area contributed by atoms with Gasteiger partial charge in [0.25, 0.3) is 5.91 Å². The number of nitrogens with one attached hydrogen (secondary N) is 2. The summed E-state index contributed by atoms with van der Waals surface area (Å²) >= 11 is 0.699. The van der Waals surface area contributed by atoms with Gasteiger partial charge in [-0.2, -0.15) is 0 Å². The standard InChI is InChI=1S/C34H40N2O3S/c1-5-7-8-26(6-2)28-17-19-31(20-18-28)36-34(38)32(29-15-13-27(14-16-29)24(3)4)23-25-9-11-30(12-10-25)33(37)35-21-22-40-39/h6-20,24,32,39H,5,21-23H2,1-4H3,(H,35,37)(H,36,38)/b8-7-,26-6+. The Morgan fingerprint density at radius 2 is 1.52 bits per heavy atom. The van der Waals surface area contributed by atoms with E-state index < -0.39 is 5.92 Å². The van der Waals surface area contributed by atoms with Crippen molar-refractivity contribution in [3.05, 3.63) is 119 Å². The second kappa shape index (κ2) is 15.8. The smallest absolute Gasteiger partial charge is 0.251 e. The molecular formula is C34H40N2O3S. The first kappa shape index (κ1) is 30.9. The third kappa shape index (κ3) is 8.97. The topological polar surface area (TPSA) is 78.4 Å². The van der Waals surface area contributed by atoms with Crippen molar-refractivity contribution in [3.63, 3.8) is 0 Å². The summed E-state index contributed by atoms with van der Waals surface area (Å²) in [4.78, 5) is 26.0. The fourth-order valence-corrected chi connectivity index (χ4v) is 4.59. The van der Waals surface area contributed by atoms with Crippen molar-refractivity contribution in [2.45, 2.75) is 52.4 Å². The average Bonchev–Trinajstić information content (AvgIpc) is 2.97. The van der Waals surface area contributed by atoms with Crippen LogP contribution in [0.3, 0.4) is 0 Å². The van der Waals surface area contributed by atoms with Crippen LogP contribution in [0.15, 0.2) is 91.0 Å². The Labute approximate surface area is 243 Å². The van der Waals surface area contributed by atoms with Gasteiger partial charge in [0.2, 0.25) is 5.91 Å². The molecule has 0 bridgehead atoms. The van der Waals surface area contributed by atoms with Gasteiger partial charge in [-0.15, -0.1) is 0 Å². The van der Waals surface area contributed by atoms with Gasteiger partial charge in [-0.3, -0.25) is 9.59 Å². The van der Waals surface area contributed by atoms with Gasteiger partial charge in [0.15, 0.2) is 0 Å². The van der Waals surface area contributed by atoms with Crippen LogP contribution in [0, 0.1) is 0 Å². The highest BCUT2D eigenvalue weighted by atomic mass is 32.2. The van der Waals surface area contributed by atoms with Gasteiger partial charge in [0.05, 0.1) is 5.92 Å². The highest BCUT2D eigenvalue weighted by molar-refractivity contribution is 7.93. The van der Waals surface area contributed by atoms with E-state index in [-0.39, 0.29) is 11.8 Å². The van der Waals surface area contributed by atoms with E-state index in [2.05, 4.69) is 61.8 Å². The zero-order chi connectivity index (χ0) is 28.9. The second-order valence-corrected chi connectivity index (χ2v) is 10.7. The van der Waals surface area contributed by atoms with Crippen LogP contribution >= 0.6 is 12.0 Å². The Bertz CT molecular complexity index is 1290. The Morgan fingerprint density at radius 1 is 0.900 bits per heavy atom. The fourth-order valence-electron chi connectivity index (χ4n) is 4.39. The lowest BCUT2D eigenvalue weighted by atomic mass is 9.89. The van der Waals surface area contributed by atoms with Gasteiger partial charge in [-0.1, -0.05) is 87.5 Å². The molecule has 0 radical (unpaired) electrons. The van der Waals surface area contributed by atoms with Crippen LogP contribution in [0.1, 0.15) is 78.6 Å². The number of allylic oxidation sites excluding steroid dienone is 4. The Hall–Kier alpha value is -3.61. The van der Waals surface area contributed by atoms with Crippen LogP contribution in [-0.4, -0.2) is 28.7 Å². The van der Waals surface area contributed by atoms with Crippen LogP contribution in [0.4, 0.5) is 5.69 Å². The van der Waals surface area contributed by atoms with E-state index in [4.69, 9.17) is 4.55 Å². The molecule has 0 saturated heterocycles. The summed E-state index contributed by atoms with van der Waals surface area (Å²) in [7, 11) is 0. The molecule has 0 aliphatic heterocycles. The number of amides is 2. The number of benzene rings is 3. The lowest BCUT2D eigenvalue weighted by Crippen LogP contribution is -2.25. The average molecular weight is 557 g/mol. The molecule has 40 heavy (non-hydrogen) atoms. The van der Waals surface area contributed by atoms with Gasteiger partial charge < -0.3 is 15.2 Å². The van der Waals surface area contributed by atoms with Crippen LogP contribution in [0.5, 0.6) is 0 Å². The lowest BCUT2D eigenvalue weighted by Gasteiger charge is -2.19. The SMILES string of the molecule is C/C=C(\C=C/CC)c1ccc(NC(=O)C(Cc2ccc(C(=O)NCCSO)cc2)c2ccc(C(C)C)cc2)cc1. The van der Waals surface area contributed by atoms with E-state index in [9.17, 15) is 9.59 Å². The maximum atomic E-state index is 13.7. The third-order valence-electron chi connectivity index (χ3n) is 6.79. The summed E-state index contributed by atoms with van der Waals surface area (Å²) in [5, 5.41) is 5.90. The normalized spacial score (nSPS) is 12.5. The van der Waals surface area contributed by atoms with Crippen molar-refractivity contribution in [2.24, 2.45) is 0 Å². The summed E-state index contributed by atoms with van der Waals surface area (Å²) in [5.41, 5.74) is 6.68. The molecule has 3 N–H and O–H groups in total. The minimum absolute atomic E-state index is 0.0782. The zero-order valence-electron chi connectivity index (χ0n) is 23.8. The molecule has 0 heterocycles. The van der Waals surface area contributed by atoms with Gasteiger partial charge in [0.1, 0.15) is 0 Å². The maximum absolute atomic E-state index is 13.7. The lowest BCUT2D eigenvalue weighted by molar-refractivity contribution is -0.117. The Kier molecular flexibility index (Phi) is 12.3. The number of hydrogen-bond donors (Lipinski definition) is 3. The van der Waals surface area contributed by atoms with Crippen LogP contribution in [-0.2, 0) is 11.2 Å². The Balaban J connectivity index is 1.80. The largest absolute Gasteiger partial charge is 0.351 e. The van der Waals surface area contributed by atoms with Crippen LogP contribution < -0.4 is 10.6 Å². The number of rotatable bonds is 13. The molecular weight excluding hydrogens is 516 g/mol. The first-order valence-electron chi connectivity index (χ1n) is 13.8. The van der Waals surface area contributed by atoms with Crippen molar-refractivity contribution >= 4 is 35.1 Å². The predicted octanol–water partition coefficient (Wildman–Crippen LogP) is 8.08. The van der Waals surface area contributed by atoms with Crippen molar-refractivity contribution < 1.29 is 14.1 Å². The summed E-state index contributed by atoms with van der Waals surface area (Å²) in [6.07, 6.45) is 7.81. The van der Waals surface area contributed by atoms with E-state index in [0.29, 0.717) is 42.2 Å². The molecule has 210 valence electrons. The summed E-state index contributed by atoms with van der Waals surface area (Å²) in [5.74, 6) is 0.176. The van der Waals surface area contributed by atoms with Crippen LogP contribution in [0.25, 0.3) is 5.57 Å². The molecule has 0 aliphatic carbocycles. The molecule has 0 aliphatic rings. The van der Waals surface area contributed by atoms with Gasteiger partial charge >= 0.3 is 0 Å². The summed E-state index contributed by atoms with van der Waals surface area (Å²) in [6, 6.07) is 23.6. The van der Waals surface area contributed by atoms with E-state index >= 15 is 0 Å². The predicted molar refractivity (Wildman–Crippen MR) is 169 cm³/mol.